The molecule has 11 heteroatoms. The normalized spacial score (nSPS) is 11.2. The monoisotopic (exact) mass is 238 g/mol. The summed E-state index contributed by atoms with van der Waals surface area (Å²) in [7, 11) is -10.2. The van der Waals surface area contributed by atoms with Crippen molar-refractivity contribution in [3.63, 3.8) is 0 Å². The summed E-state index contributed by atoms with van der Waals surface area (Å²) in [6.45, 7) is 0. The Bertz CT molecular complexity index is 223. The third-order valence-electron chi connectivity index (χ3n) is 0.191. The zero-order chi connectivity index (χ0) is 7.71. The molecule has 0 aliphatic heterocycles. The van der Waals surface area contributed by atoms with Crippen LogP contribution in [0.5, 0.6) is 0 Å². The maximum Gasteiger partial charge on any atom is 0.486 e. The van der Waals surface area contributed by atoms with Crippen LogP contribution in [0.2, 0.25) is 0 Å². The molecule has 0 amide bonds. The lowest BCUT2D eigenvalue weighted by atomic mass is 15.7. The Balaban J connectivity index is -0.000000320. The molecular formula is H9Al2O7PS. The maximum absolute atomic E-state index is 9.58. The molecule has 0 unspecified atom stereocenters. The molecule has 0 bridgehead atoms. The molecule has 0 aromatic heterocycles. The average molecular weight is 238 g/mol. The second-order valence-electron chi connectivity index (χ2n) is 0.993. The van der Waals surface area contributed by atoms with E-state index >= 15 is 0 Å². The van der Waals surface area contributed by atoms with Crippen LogP contribution in [0.3, 0.4) is 0 Å². The quantitative estimate of drug-likeness (QED) is 0.259. The fraction of sp³-hybridized carbons (Fsp3) is 0. The highest BCUT2D eigenvalue weighted by atomic mass is 32.3. The van der Waals surface area contributed by atoms with E-state index in [2.05, 4.69) is 3.97 Å². The minimum Gasteiger partial charge on any atom is -0.302 e. The van der Waals surface area contributed by atoms with Gasteiger partial charge in [0.1, 0.15) is 0 Å². The lowest BCUT2D eigenvalue weighted by molar-refractivity contribution is 0.268. The molecule has 0 saturated carbocycles. The Kier molecular flexibility index (Phi) is 9.29. The third kappa shape index (κ3) is 18.2. The molecule has 3 N–H and O–H groups in total. The molecule has 0 aliphatic carbocycles. The second kappa shape index (κ2) is 5.68. The van der Waals surface area contributed by atoms with Crippen LogP contribution < -0.4 is 0 Å². The standard InChI is InChI=1S/2Al.H3O7PS.6H/c;;1-8(2,3)7-9(4,5)6;;;;;;/h;;(H2,1,2,3)(H,4,5,6);;;;;;. The van der Waals surface area contributed by atoms with Gasteiger partial charge >= 0.3 is 18.2 Å². The van der Waals surface area contributed by atoms with Crippen molar-refractivity contribution >= 4 is 52.9 Å². The van der Waals surface area contributed by atoms with Gasteiger partial charge in [0.05, 0.1) is 0 Å². The fourth-order valence-corrected chi connectivity index (χ4v) is 1.10. The summed E-state index contributed by atoms with van der Waals surface area (Å²) in [5.74, 6) is 0. The van der Waals surface area contributed by atoms with E-state index < -0.39 is 18.2 Å². The summed E-state index contributed by atoms with van der Waals surface area (Å²) < 4.78 is 39.0. The summed E-state index contributed by atoms with van der Waals surface area (Å²) >= 11 is 0. The fourth-order valence-electron chi connectivity index (χ4n) is 0.123. The predicted octanol–water partition coefficient (Wildman–Crippen LogP) is -3.47. The molecule has 0 aromatic rings. The van der Waals surface area contributed by atoms with Gasteiger partial charge in [-0.2, -0.15) is 8.42 Å². The van der Waals surface area contributed by atoms with E-state index in [-0.39, 0.29) is 34.7 Å². The molecule has 0 aromatic carbocycles. The Morgan fingerprint density at radius 1 is 1.18 bits per heavy atom. The first kappa shape index (κ1) is 18.0. The second-order valence-corrected chi connectivity index (χ2v) is 3.43. The lowest BCUT2D eigenvalue weighted by Crippen LogP contribution is -2.00. The average Bonchev–Trinajstić information content (AvgIpc) is 1.14. The van der Waals surface area contributed by atoms with E-state index in [4.69, 9.17) is 14.3 Å². The van der Waals surface area contributed by atoms with E-state index in [1.807, 2.05) is 0 Å². The van der Waals surface area contributed by atoms with E-state index in [0.717, 1.165) is 0 Å². The van der Waals surface area contributed by atoms with Crippen molar-refractivity contribution in [2.24, 2.45) is 0 Å². The van der Waals surface area contributed by atoms with E-state index in [9.17, 15) is 13.0 Å². The van der Waals surface area contributed by atoms with Crippen LogP contribution in [-0.4, -0.2) is 57.5 Å². The van der Waals surface area contributed by atoms with Crippen molar-refractivity contribution in [1.82, 2.24) is 0 Å². The lowest BCUT2D eigenvalue weighted by Gasteiger charge is -1.97. The zero-order valence-electron chi connectivity index (χ0n) is 3.83. The van der Waals surface area contributed by atoms with Gasteiger partial charge in [-0.1, -0.05) is 0 Å². The van der Waals surface area contributed by atoms with Crippen LogP contribution in [0.1, 0.15) is 0 Å². The van der Waals surface area contributed by atoms with Crippen LogP contribution in [0.4, 0.5) is 0 Å². The molecule has 0 spiro atoms. The molecule has 68 valence electrons. The molecule has 0 fully saturated rings. The maximum atomic E-state index is 9.58. The third-order valence-corrected chi connectivity index (χ3v) is 1.72. The highest BCUT2D eigenvalue weighted by molar-refractivity contribution is 7.85. The molecule has 0 radical (unpaired) electrons. The molecule has 0 aliphatic rings. The Labute approximate surface area is 84.2 Å². The van der Waals surface area contributed by atoms with E-state index in [0.29, 0.717) is 0 Å². The van der Waals surface area contributed by atoms with Crippen molar-refractivity contribution in [3.05, 3.63) is 0 Å². The predicted molar refractivity (Wildman–Crippen MR) is 44.6 cm³/mol. The summed E-state index contributed by atoms with van der Waals surface area (Å²) in [5.41, 5.74) is 0. The topological polar surface area (TPSA) is 121 Å². The first-order chi connectivity index (χ1) is 3.71. The molecule has 0 saturated heterocycles. The SMILES string of the molecule is O=P(O)(O)OS(=O)(=O)O.[AlH3].[AlH3]. The Hall–Kier alpha value is 1.08. The van der Waals surface area contributed by atoms with Crippen molar-refractivity contribution in [1.29, 1.82) is 0 Å². The summed E-state index contributed by atoms with van der Waals surface area (Å²) in [6.07, 6.45) is 0. The number of hydrogen-bond acceptors (Lipinski definition) is 4. The van der Waals surface area contributed by atoms with Crippen LogP contribution in [0.25, 0.3) is 0 Å². The van der Waals surface area contributed by atoms with E-state index in [1.54, 1.807) is 0 Å². The van der Waals surface area contributed by atoms with Gasteiger partial charge in [-0.3, -0.25) is 4.55 Å². The van der Waals surface area contributed by atoms with Crippen molar-refractivity contribution in [2.45, 2.75) is 0 Å². The first-order valence-corrected chi connectivity index (χ1v) is 4.34. The molecule has 0 heterocycles. The Morgan fingerprint density at radius 3 is 1.45 bits per heavy atom. The van der Waals surface area contributed by atoms with Crippen molar-refractivity contribution in [2.75, 3.05) is 0 Å². The van der Waals surface area contributed by atoms with Gasteiger partial charge in [0.25, 0.3) is 0 Å². The first-order valence-electron chi connectivity index (χ1n) is 1.45. The minimum absolute atomic E-state index is 0. The van der Waals surface area contributed by atoms with Crippen molar-refractivity contribution < 1.29 is 31.3 Å². The molecular weight excluding hydrogens is 229 g/mol. The minimum atomic E-state index is -5.13. The zero-order valence-corrected chi connectivity index (χ0v) is 5.54. The van der Waals surface area contributed by atoms with Gasteiger partial charge < -0.3 is 9.79 Å². The molecule has 7 nitrogen and oxygen atoms in total. The van der Waals surface area contributed by atoms with Crippen LogP contribution in [0.15, 0.2) is 0 Å². The summed E-state index contributed by atoms with van der Waals surface area (Å²) in [4.78, 5) is 15.4. The highest BCUT2D eigenvalue weighted by Gasteiger charge is 2.22. The van der Waals surface area contributed by atoms with Crippen molar-refractivity contribution in [3.8, 4) is 0 Å². The van der Waals surface area contributed by atoms with Gasteiger partial charge in [0, 0.05) is 0 Å². The van der Waals surface area contributed by atoms with Crippen LogP contribution in [0, 0.1) is 0 Å². The van der Waals surface area contributed by atoms with Gasteiger partial charge in [0.15, 0.2) is 34.7 Å². The number of rotatable bonds is 2. The van der Waals surface area contributed by atoms with Gasteiger partial charge in [-0.05, 0) is 0 Å². The van der Waals surface area contributed by atoms with Gasteiger partial charge in [0.2, 0.25) is 0 Å². The van der Waals surface area contributed by atoms with Gasteiger partial charge in [-0.25, -0.2) is 4.57 Å². The van der Waals surface area contributed by atoms with E-state index in [1.165, 1.54) is 0 Å². The largest absolute Gasteiger partial charge is 0.486 e. The summed E-state index contributed by atoms with van der Waals surface area (Å²) in [6, 6.07) is 0. The molecule has 0 rings (SSSR count). The summed E-state index contributed by atoms with van der Waals surface area (Å²) in [5, 5.41) is 0. The van der Waals surface area contributed by atoms with Crippen LogP contribution in [-0.2, 0) is 18.9 Å². The number of phosphoric acid groups is 1. The highest BCUT2D eigenvalue weighted by Crippen LogP contribution is 2.37. The smallest absolute Gasteiger partial charge is 0.302 e. The van der Waals surface area contributed by atoms with Crippen LogP contribution >= 0.6 is 7.82 Å². The van der Waals surface area contributed by atoms with Gasteiger partial charge in [-0.15, -0.1) is 3.97 Å². The molecule has 11 heavy (non-hydrogen) atoms. The Morgan fingerprint density at radius 2 is 1.45 bits per heavy atom. The molecule has 0 atom stereocenters. The number of hydrogen-bond donors (Lipinski definition) is 3.